The third-order valence-electron chi connectivity index (χ3n) is 3.85. The Morgan fingerprint density at radius 2 is 1.13 bits per heavy atom. The lowest BCUT2D eigenvalue weighted by molar-refractivity contribution is 0.867. The summed E-state index contributed by atoms with van der Waals surface area (Å²) >= 11 is 0. The van der Waals surface area contributed by atoms with Gasteiger partial charge in [0.1, 0.15) is 0 Å². The van der Waals surface area contributed by atoms with Crippen molar-refractivity contribution < 1.29 is 0 Å². The van der Waals surface area contributed by atoms with Gasteiger partial charge in [-0.15, -0.1) is 0 Å². The van der Waals surface area contributed by atoms with E-state index >= 15 is 0 Å². The Labute approximate surface area is 140 Å². The predicted octanol–water partition coefficient (Wildman–Crippen LogP) is 5.27. The molecule has 0 atom stereocenters. The molecule has 1 N–H and O–H groups in total. The van der Waals surface area contributed by atoms with Crippen molar-refractivity contribution in [2.45, 2.75) is 19.8 Å². The van der Waals surface area contributed by atoms with Gasteiger partial charge in [-0.2, -0.15) is 0 Å². The van der Waals surface area contributed by atoms with E-state index in [1.54, 1.807) is 0 Å². The average Bonchev–Trinajstić information content (AvgIpc) is 2.61. The first-order valence-electron chi connectivity index (χ1n) is 8.01. The monoisotopic (exact) mass is 319 g/mol. The second-order valence-electron chi connectivity index (χ2n) is 5.90. The van der Waals surface area contributed by atoms with Crippen LogP contribution in [0.4, 0.5) is 5.69 Å². The molecule has 0 unspecified atom stereocenters. The lowest BCUT2D eigenvalue weighted by Gasteiger charge is -2.21. The van der Waals surface area contributed by atoms with Crippen molar-refractivity contribution in [2.75, 3.05) is 5.09 Å². The molecule has 0 bridgehead atoms. The van der Waals surface area contributed by atoms with E-state index < -0.39 is 8.07 Å². The van der Waals surface area contributed by atoms with E-state index in [1.165, 1.54) is 21.9 Å². The van der Waals surface area contributed by atoms with Gasteiger partial charge >= 0.3 is 0 Å². The minimum atomic E-state index is -0.602. The molecule has 0 heterocycles. The maximum absolute atomic E-state index is 3.74. The molecule has 0 aliphatic heterocycles. The zero-order valence-corrected chi connectivity index (χ0v) is 14.5. The summed E-state index contributed by atoms with van der Waals surface area (Å²) in [6.07, 6.45) is 0. The quantitative estimate of drug-likeness (QED) is 0.632. The van der Waals surface area contributed by atoms with Gasteiger partial charge < -0.3 is 5.09 Å². The first-order chi connectivity index (χ1) is 11.2. The number of benzene rings is 3. The highest BCUT2D eigenvalue weighted by Gasteiger charge is 2.13. The van der Waals surface area contributed by atoms with Gasteiger partial charge in [-0.3, -0.25) is 0 Å². The molecular formula is C21H22NP. The lowest BCUT2D eigenvalue weighted by Crippen LogP contribution is -2.16. The van der Waals surface area contributed by atoms with Gasteiger partial charge in [0.15, 0.2) is 0 Å². The van der Waals surface area contributed by atoms with Crippen LogP contribution >= 0.6 is 8.07 Å². The van der Waals surface area contributed by atoms with Gasteiger partial charge in [-0.05, 0) is 23.6 Å². The Balaban J connectivity index is 1.90. The zero-order chi connectivity index (χ0) is 16.1. The van der Waals surface area contributed by atoms with Crippen molar-refractivity contribution in [3.05, 3.63) is 90.5 Å². The number of hydrogen-bond acceptors (Lipinski definition) is 1. The molecule has 3 aromatic carbocycles. The van der Waals surface area contributed by atoms with Crippen molar-refractivity contribution in [3.63, 3.8) is 0 Å². The predicted molar refractivity (Wildman–Crippen MR) is 103 cm³/mol. The van der Waals surface area contributed by atoms with E-state index in [2.05, 4.69) is 104 Å². The molecular weight excluding hydrogens is 297 g/mol. The Bertz CT molecular complexity index is 681. The van der Waals surface area contributed by atoms with Crippen molar-refractivity contribution >= 4 is 24.4 Å². The summed E-state index contributed by atoms with van der Waals surface area (Å²) in [5, 5.41) is 6.41. The topological polar surface area (TPSA) is 12.0 Å². The molecule has 0 amide bonds. The van der Waals surface area contributed by atoms with Crippen LogP contribution in [0.2, 0.25) is 0 Å². The summed E-state index contributed by atoms with van der Waals surface area (Å²) in [4.78, 5) is 0. The second kappa shape index (κ2) is 7.44. The Hall–Kier alpha value is -2.11. The molecule has 23 heavy (non-hydrogen) atoms. The van der Waals surface area contributed by atoms with Crippen molar-refractivity contribution in [1.82, 2.24) is 0 Å². The van der Waals surface area contributed by atoms with E-state index in [0.29, 0.717) is 5.92 Å². The highest BCUT2D eigenvalue weighted by Crippen LogP contribution is 2.34. The van der Waals surface area contributed by atoms with Crippen LogP contribution in [0.15, 0.2) is 84.9 Å². The van der Waals surface area contributed by atoms with Crippen LogP contribution < -0.4 is 15.7 Å². The molecule has 2 heteroatoms. The van der Waals surface area contributed by atoms with Gasteiger partial charge in [-0.25, -0.2) is 0 Å². The number of anilines is 1. The Morgan fingerprint density at radius 3 is 1.57 bits per heavy atom. The number of hydrogen-bond donors (Lipinski definition) is 1. The highest BCUT2D eigenvalue weighted by atomic mass is 31.1. The van der Waals surface area contributed by atoms with Crippen LogP contribution in [-0.2, 0) is 0 Å². The lowest BCUT2D eigenvalue weighted by atomic mass is 10.0. The smallest absolute Gasteiger partial charge is 0.0522 e. The fourth-order valence-electron chi connectivity index (χ4n) is 2.50. The Kier molecular flexibility index (Phi) is 5.10. The van der Waals surface area contributed by atoms with Gasteiger partial charge in [0.2, 0.25) is 0 Å². The molecule has 0 fully saturated rings. The van der Waals surface area contributed by atoms with Crippen LogP contribution in [0.5, 0.6) is 0 Å². The van der Waals surface area contributed by atoms with E-state index in [9.17, 15) is 0 Å². The van der Waals surface area contributed by atoms with E-state index in [1.807, 2.05) is 0 Å². The summed E-state index contributed by atoms with van der Waals surface area (Å²) in [5.41, 5.74) is 2.55. The fraction of sp³-hybridized carbons (Fsp3) is 0.143. The molecule has 0 spiro atoms. The molecule has 3 aromatic rings. The molecule has 3 rings (SSSR count). The standard InChI is InChI=1S/C21H22NP/c1-17(2)18-13-15-19(16-14-18)22-23(20-9-5-3-6-10-20)21-11-7-4-8-12-21/h3-17,22H,1-2H3. The minimum absolute atomic E-state index is 0.564. The second-order valence-corrected chi connectivity index (χ2v) is 7.82. The first kappa shape index (κ1) is 15.8. The summed E-state index contributed by atoms with van der Waals surface area (Å²) < 4.78 is 0. The van der Waals surface area contributed by atoms with Crippen molar-refractivity contribution in [2.24, 2.45) is 0 Å². The van der Waals surface area contributed by atoms with E-state index in [-0.39, 0.29) is 0 Å². The number of rotatable bonds is 5. The normalized spacial score (nSPS) is 11.0. The summed E-state index contributed by atoms with van der Waals surface area (Å²) in [5.74, 6) is 0.564. The third kappa shape index (κ3) is 4.00. The molecule has 0 aromatic heterocycles. The number of nitrogens with one attached hydrogen (secondary N) is 1. The van der Waals surface area contributed by atoms with Crippen molar-refractivity contribution in [1.29, 1.82) is 0 Å². The fourth-order valence-corrected chi connectivity index (χ4v) is 4.41. The largest absolute Gasteiger partial charge is 0.357 e. The SMILES string of the molecule is CC(C)c1ccc(NP(c2ccccc2)c2ccccc2)cc1. The van der Waals surface area contributed by atoms with Crippen LogP contribution in [0.3, 0.4) is 0 Å². The summed E-state index contributed by atoms with van der Waals surface area (Å²) in [7, 11) is -0.602. The van der Waals surface area contributed by atoms with Crippen molar-refractivity contribution in [3.8, 4) is 0 Å². The van der Waals surface area contributed by atoms with Crippen LogP contribution in [-0.4, -0.2) is 0 Å². The molecule has 1 nitrogen and oxygen atoms in total. The van der Waals surface area contributed by atoms with Gasteiger partial charge in [-0.1, -0.05) is 86.6 Å². The van der Waals surface area contributed by atoms with Gasteiger partial charge in [0.25, 0.3) is 0 Å². The maximum atomic E-state index is 3.74. The Morgan fingerprint density at radius 1 is 0.652 bits per heavy atom. The first-order valence-corrected chi connectivity index (χ1v) is 9.35. The molecule has 116 valence electrons. The highest BCUT2D eigenvalue weighted by molar-refractivity contribution is 7.74. The molecule has 0 aliphatic rings. The van der Waals surface area contributed by atoms with Crippen LogP contribution in [0.25, 0.3) is 0 Å². The molecule has 0 saturated heterocycles. The average molecular weight is 319 g/mol. The molecule has 0 aliphatic carbocycles. The molecule has 0 saturated carbocycles. The minimum Gasteiger partial charge on any atom is -0.357 e. The maximum Gasteiger partial charge on any atom is 0.0522 e. The van der Waals surface area contributed by atoms with Gasteiger partial charge in [0, 0.05) is 16.3 Å². The van der Waals surface area contributed by atoms with E-state index in [4.69, 9.17) is 0 Å². The summed E-state index contributed by atoms with van der Waals surface area (Å²) in [6.45, 7) is 4.45. The third-order valence-corrected chi connectivity index (χ3v) is 5.96. The summed E-state index contributed by atoms with van der Waals surface area (Å²) in [6, 6.07) is 30.2. The van der Waals surface area contributed by atoms with Gasteiger partial charge in [0.05, 0.1) is 8.07 Å². The van der Waals surface area contributed by atoms with Crippen LogP contribution in [0, 0.1) is 0 Å². The van der Waals surface area contributed by atoms with Crippen LogP contribution in [0.1, 0.15) is 25.3 Å². The zero-order valence-electron chi connectivity index (χ0n) is 13.6. The molecule has 0 radical (unpaired) electrons. The van der Waals surface area contributed by atoms with E-state index in [0.717, 1.165) is 0 Å².